The number of primary amides is 1. The topological polar surface area (TPSA) is 132 Å². The zero-order chi connectivity index (χ0) is 25.1. The van der Waals surface area contributed by atoms with Crippen LogP contribution in [0, 0.1) is 5.82 Å². The highest BCUT2D eigenvalue weighted by molar-refractivity contribution is 6.34. The molecule has 11 heteroatoms. The van der Waals surface area contributed by atoms with Crippen molar-refractivity contribution in [2.75, 3.05) is 31.7 Å². The van der Waals surface area contributed by atoms with Crippen molar-refractivity contribution in [2.45, 2.75) is 30.7 Å². The standard InChI is InChI=1S/C24H25ClFN7O2/c1-32(2)23(35)17-16(27)4-3-14(20(17)26)15-9-29-22-18(19(15)25)24(11-30-22)6-5-13(7-24)33-10-12(8-31-33)21(28)34/h3-4,8-10,13H,5-7,11,27H2,1-2H3,(H2,28,34)(H,29,30). The predicted molar refractivity (Wildman–Crippen MR) is 131 cm³/mol. The van der Waals surface area contributed by atoms with Gasteiger partial charge in [-0.1, -0.05) is 11.6 Å². The first-order valence-corrected chi connectivity index (χ1v) is 11.6. The Labute approximate surface area is 206 Å². The third-order valence-electron chi connectivity index (χ3n) is 7.07. The van der Waals surface area contributed by atoms with Crippen molar-refractivity contribution in [3.63, 3.8) is 0 Å². The Morgan fingerprint density at radius 3 is 2.74 bits per heavy atom. The van der Waals surface area contributed by atoms with Crippen LogP contribution in [0.15, 0.2) is 30.7 Å². The molecule has 2 unspecified atom stereocenters. The van der Waals surface area contributed by atoms with Gasteiger partial charge in [0.05, 0.1) is 28.4 Å². The maximum Gasteiger partial charge on any atom is 0.258 e. The Bertz CT molecular complexity index is 1370. The SMILES string of the molecule is CN(C)C(=O)c1c(N)ccc(-c2cnc3c(c2Cl)C2(CCC(n4cc(C(N)=O)cn4)C2)CN3)c1F. The number of anilines is 2. The minimum atomic E-state index is -0.729. The van der Waals surface area contributed by atoms with Crippen LogP contribution >= 0.6 is 11.6 Å². The third kappa shape index (κ3) is 3.59. The van der Waals surface area contributed by atoms with Gasteiger partial charge in [0.2, 0.25) is 0 Å². The Hall–Kier alpha value is -3.66. The van der Waals surface area contributed by atoms with Gasteiger partial charge in [-0.15, -0.1) is 0 Å². The Balaban J connectivity index is 1.55. The van der Waals surface area contributed by atoms with Crippen molar-refractivity contribution in [3.05, 3.63) is 58.3 Å². The van der Waals surface area contributed by atoms with Gasteiger partial charge in [0.25, 0.3) is 11.8 Å². The molecule has 1 aliphatic carbocycles. The molecule has 3 heterocycles. The summed E-state index contributed by atoms with van der Waals surface area (Å²) in [5.41, 5.74) is 12.6. The number of benzene rings is 1. The molecule has 9 nitrogen and oxygen atoms in total. The normalized spacial score (nSPS) is 20.6. The number of halogens is 2. The highest BCUT2D eigenvalue weighted by Gasteiger charge is 2.48. The number of rotatable bonds is 4. The van der Waals surface area contributed by atoms with E-state index in [2.05, 4.69) is 15.4 Å². The first-order chi connectivity index (χ1) is 16.6. The number of carbonyl (C=O) groups excluding carboxylic acids is 2. The van der Waals surface area contributed by atoms with Crippen LogP contribution in [0.2, 0.25) is 5.02 Å². The fourth-order valence-electron chi connectivity index (χ4n) is 5.25. The molecule has 1 aliphatic heterocycles. The number of fused-ring (bicyclic) bond motifs is 2. The van der Waals surface area contributed by atoms with Crippen molar-refractivity contribution in [1.82, 2.24) is 19.7 Å². The number of carbonyl (C=O) groups is 2. The van der Waals surface area contributed by atoms with E-state index >= 15 is 4.39 Å². The molecule has 0 bridgehead atoms. The average Bonchev–Trinajstić information content (AvgIpc) is 3.54. The number of nitrogen functional groups attached to an aromatic ring is 1. The lowest BCUT2D eigenvalue weighted by atomic mass is 9.80. The summed E-state index contributed by atoms with van der Waals surface area (Å²) < 4.78 is 17.4. The molecule has 35 heavy (non-hydrogen) atoms. The summed E-state index contributed by atoms with van der Waals surface area (Å²) in [5, 5.41) is 8.06. The minimum Gasteiger partial charge on any atom is -0.398 e. The van der Waals surface area contributed by atoms with Gasteiger partial charge in [0.15, 0.2) is 0 Å². The van der Waals surface area contributed by atoms with Crippen molar-refractivity contribution in [1.29, 1.82) is 0 Å². The van der Waals surface area contributed by atoms with Crippen molar-refractivity contribution in [2.24, 2.45) is 5.73 Å². The second-order valence-electron chi connectivity index (χ2n) is 9.40. The lowest BCUT2D eigenvalue weighted by molar-refractivity contribution is 0.0824. The molecular formula is C24H25ClFN7O2. The summed E-state index contributed by atoms with van der Waals surface area (Å²) in [6.45, 7) is 0.632. The first kappa shape index (κ1) is 23.1. The zero-order valence-electron chi connectivity index (χ0n) is 19.3. The highest BCUT2D eigenvalue weighted by atomic mass is 35.5. The number of hydrogen-bond donors (Lipinski definition) is 3. The van der Waals surface area contributed by atoms with E-state index in [1.807, 2.05) is 0 Å². The Morgan fingerprint density at radius 2 is 2.06 bits per heavy atom. The van der Waals surface area contributed by atoms with Crippen LogP contribution in [-0.2, 0) is 5.41 Å². The zero-order valence-corrected chi connectivity index (χ0v) is 20.1. The van der Waals surface area contributed by atoms with Gasteiger partial charge in [-0.2, -0.15) is 5.10 Å². The van der Waals surface area contributed by atoms with Gasteiger partial charge in [0.1, 0.15) is 11.6 Å². The molecule has 2 aliphatic rings. The molecule has 0 radical (unpaired) electrons. The molecule has 0 saturated heterocycles. The second kappa shape index (κ2) is 8.23. The average molecular weight is 498 g/mol. The number of hydrogen-bond acceptors (Lipinski definition) is 6. The highest BCUT2D eigenvalue weighted by Crippen LogP contribution is 2.54. The van der Waals surface area contributed by atoms with Crippen molar-refractivity contribution >= 4 is 34.9 Å². The van der Waals surface area contributed by atoms with E-state index in [9.17, 15) is 9.59 Å². The van der Waals surface area contributed by atoms with E-state index in [1.54, 1.807) is 10.9 Å². The van der Waals surface area contributed by atoms with E-state index < -0.39 is 17.6 Å². The molecule has 1 fully saturated rings. The van der Waals surface area contributed by atoms with E-state index in [1.165, 1.54) is 43.5 Å². The molecule has 1 saturated carbocycles. The molecule has 2 aromatic heterocycles. The quantitative estimate of drug-likeness (QED) is 0.474. The number of nitrogens with one attached hydrogen (secondary N) is 1. The lowest BCUT2D eigenvalue weighted by Crippen LogP contribution is -2.26. The smallest absolute Gasteiger partial charge is 0.258 e. The molecule has 1 aromatic carbocycles. The summed E-state index contributed by atoms with van der Waals surface area (Å²) in [6.07, 6.45) is 7.00. The van der Waals surface area contributed by atoms with Crippen molar-refractivity contribution < 1.29 is 14.0 Å². The van der Waals surface area contributed by atoms with E-state index in [4.69, 9.17) is 23.1 Å². The molecule has 5 N–H and O–H groups in total. The van der Waals surface area contributed by atoms with Gasteiger partial charge in [-0.05, 0) is 31.4 Å². The van der Waals surface area contributed by atoms with E-state index in [0.717, 1.165) is 18.4 Å². The number of nitrogens with two attached hydrogens (primary N) is 2. The summed E-state index contributed by atoms with van der Waals surface area (Å²) in [6, 6.07) is 3.08. The third-order valence-corrected chi connectivity index (χ3v) is 7.46. The molecule has 182 valence electrons. The van der Waals surface area contributed by atoms with Gasteiger partial charge in [0, 0.05) is 60.8 Å². The van der Waals surface area contributed by atoms with Gasteiger partial charge in [-0.3, -0.25) is 14.3 Å². The van der Waals surface area contributed by atoms with E-state index in [-0.39, 0.29) is 28.3 Å². The molecular weight excluding hydrogens is 473 g/mol. The molecule has 3 aromatic rings. The summed E-state index contributed by atoms with van der Waals surface area (Å²) in [5.74, 6) is -1.12. The summed E-state index contributed by atoms with van der Waals surface area (Å²) in [7, 11) is 3.07. The largest absolute Gasteiger partial charge is 0.398 e. The summed E-state index contributed by atoms with van der Waals surface area (Å²) in [4.78, 5) is 29.9. The van der Waals surface area contributed by atoms with Crippen LogP contribution < -0.4 is 16.8 Å². The van der Waals surface area contributed by atoms with Gasteiger partial charge in [-0.25, -0.2) is 9.37 Å². The maximum absolute atomic E-state index is 15.6. The fourth-order valence-corrected chi connectivity index (χ4v) is 5.69. The Kier molecular flexibility index (Phi) is 5.43. The molecule has 5 rings (SSSR count). The predicted octanol–water partition coefficient (Wildman–Crippen LogP) is 3.21. The molecule has 2 atom stereocenters. The maximum atomic E-state index is 15.6. The first-order valence-electron chi connectivity index (χ1n) is 11.2. The van der Waals surface area contributed by atoms with Crippen molar-refractivity contribution in [3.8, 4) is 11.1 Å². The number of nitrogens with zero attached hydrogens (tertiary/aromatic N) is 4. The Morgan fingerprint density at radius 1 is 1.29 bits per heavy atom. The second-order valence-corrected chi connectivity index (χ2v) is 9.78. The van der Waals surface area contributed by atoms with E-state index in [0.29, 0.717) is 34.9 Å². The van der Waals surface area contributed by atoms with Crippen LogP contribution in [0.3, 0.4) is 0 Å². The van der Waals surface area contributed by atoms with Gasteiger partial charge >= 0.3 is 0 Å². The summed E-state index contributed by atoms with van der Waals surface area (Å²) >= 11 is 6.95. The van der Waals surface area contributed by atoms with Gasteiger partial charge < -0.3 is 21.7 Å². The minimum absolute atomic E-state index is 0.0492. The number of aromatic nitrogens is 3. The lowest BCUT2D eigenvalue weighted by Gasteiger charge is -2.25. The fraction of sp³-hybridized carbons (Fsp3) is 0.333. The van der Waals surface area contributed by atoms with Crippen LogP contribution in [-0.4, -0.2) is 52.1 Å². The van der Waals surface area contributed by atoms with Crippen LogP contribution in [0.4, 0.5) is 15.9 Å². The number of pyridine rings is 1. The molecule has 2 amide bonds. The monoisotopic (exact) mass is 497 g/mol. The van der Waals surface area contributed by atoms with Crippen LogP contribution in [0.1, 0.15) is 51.6 Å². The number of amides is 2. The van der Waals surface area contributed by atoms with Crippen LogP contribution in [0.5, 0.6) is 0 Å². The molecule has 1 spiro atoms. The van der Waals surface area contributed by atoms with Crippen LogP contribution in [0.25, 0.3) is 11.1 Å².